The van der Waals surface area contributed by atoms with Gasteiger partial charge in [-0.05, 0) is 55.5 Å². The number of nitrogens with zero attached hydrogens (tertiary/aromatic N) is 7. The number of aromatic nitrogens is 4. The molecule has 348 valence electrons. The van der Waals surface area contributed by atoms with Gasteiger partial charge in [-0.3, -0.25) is 19.2 Å². The summed E-state index contributed by atoms with van der Waals surface area (Å²) < 4.78 is 42.1. The Morgan fingerprint density at radius 1 is 0.940 bits per heavy atom. The first-order valence-corrected chi connectivity index (χ1v) is 24.3. The standard InChI is InChI=1S/C49H53ClN10O6S/c1-7-67(63,64)56-32-12-14-41(38(21-32)39-29-57(6)44(62)42-37(39)15-16-52-42)65-35-10-8-9-33(22-35)60-27-34(28-60)58-17-19-59(20-18-58)47-53-25-31(26-54-47)43(61)55-45-48(2,3)46(49(45,4)5)66-36-13-11-30(24-51)40(50)23-36/h8-16,21-23,25-26,29,34,45-46,52,56H,7,17-20,27-28H2,1-6H3,(H,55,61). The van der Waals surface area contributed by atoms with Crippen LogP contribution < -0.4 is 34.9 Å². The minimum Gasteiger partial charge on any atom is -0.489 e. The number of fused-ring (bicyclic) bond motifs is 1. The minimum absolute atomic E-state index is 0.0746. The molecule has 0 unspecified atom stereocenters. The fraction of sp³-hybridized carbons (Fsp3) is 0.367. The van der Waals surface area contributed by atoms with E-state index >= 15 is 0 Å². The van der Waals surface area contributed by atoms with Gasteiger partial charge in [0, 0.05) is 134 Å². The van der Waals surface area contributed by atoms with Crippen molar-refractivity contribution in [2.24, 2.45) is 17.9 Å². The maximum Gasteiger partial charge on any atom is 0.274 e. The van der Waals surface area contributed by atoms with Crippen molar-refractivity contribution < 1.29 is 22.7 Å². The number of piperazine rings is 1. The summed E-state index contributed by atoms with van der Waals surface area (Å²) in [7, 11) is -1.86. The maximum atomic E-state index is 13.5. The number of aromatic amines is 1. The molecule has 2 aliphatic heterocycles. The highest BCUT2D eigenvalue weighted by molar-refractivity contribution is 7.92. The first-order valence-electron chi connectivity index (χ1n) is 22.3. The summed E-state index contributed by atoms with van der Waals surface area (Å²) in [5, 5.41) is 13.5. The Balaban J connectivity index is 0.793. The van der Waals surface area contributed by atoms with Gasteiger partial charge in [0.2, 0.25) is 16.0 Å². The molecule has 6 aromatic rings. The zero-order valence-electron chi connectivity index (χ0n) is 38.2. The number of rotatable bonds is 13. The number of anilines is 3. The number of H-pyrrole nitrogens is 1. The van der Waals surface area contributed by atoms with Crippen molar-refractivity contribution in [1.29, 1.82) is 5.26 Å². The summed E-state index contributed by atoms with van der Waals surface area (Å²) >= 11 is 6.26. The predicted octanol–water partition coefficient (Wildman–Crippen LogP) is 7.03. The number of ether oxygens (including phenoxy) is 2. The molecule has 0 spiro atoms. The molecular formula is C49H53ClN10O6S. The van der Waals surface area contributed by atoms with Crippen molar-refractivity contribution >= 4 is 55.8 Å². The lowest BCUT2D eigenvalue weighted by molar-refractivity contribution is -0.164. The van der Waals surface area contributed by atoms with Gasteiger partial charge in [0.25, 0.3) is 11.5 Å². The van der Waals surface area contributed by atoms with Gasteiger partial charge in [0.05, 0.1) is 21.9 Å². The number of hydrogen-bond donors (Lipinski definition) is 3. The number of carbonyl (C=O) groups excluding carboxylic acids is 1. The molecule has 18 heteroatoms. The topological polar surface area (TPSA) is 191 Å². The van der Waals surface area contributed by atoms with Crippen LogP contribution in [-0.2, 0) is 17.1 Å². The Kier molecular flexibility index (Phi) is 11.9. The van der Waals surface area contributed by atoms with Gasteiger partial charge in [-0.15, -0.1) is 0 Å². The molecule has 2 saturated heterocycles. The Labute approximate surface area is 394 Å². The van der Waals surface area contributed by atoms with E-state index in [1.807, 2.05) is 24.3 Å². The van der Waals surface area contributed by atoms with E-state index in [1.54, 1.807) is 75.2 Å². The quantitative estimate of drug-likeness (QED) is 0.107. The van der Waals surface area contributed by atoms with E-state index in [0.717, 1.165) is 45.0 Å². The highest BCUT2D eigenvalue weighted by atomic mass is 35.5. The summed E-state index contributed by atoms with van der Waals surface area (Å²) in [5.41, 5.74) is 3.00. The number of amides is 1. The molecule has 67 heavy (non-hydrogen) atoms. The second-order valence-electron chi connectivity index (χ2n) is 18.7. The summed E-state index contributed by atoms with van der Waals surface area (Å²) in [6.45, 7) is 14.8. The minimum atomic E-state index is -3.54. The molecule has 3 aliphatic rings. The molecule has 1 saturated carbocycles. The SMILES string of the molecule is CCS(=O)(=O)Nc1ccc(Oc2cccc(N3CC(N4CCN(c5ncc(C(=O)NC6C(C)(C)C(Oc7ccc(C#N)c(Cl)c7)C6(C)C)cn5)CC4)C3)c2)c(-c2cn(C)c(=O)c3[nH]ccc23)c1. The lowest BCUT2D eigenvalue weighted by atomic mass is 9.49. The number of benzene rings is 3. The average molecular weight is 946 g/mol. The van der Waals surface area contributed by atoms with Gasteiger partial charge in [0.15, 0.2) is 0 Å². The van der Waals surface area contributed by atoms with E-state index in [4.69, 9.17) is 21.1 Å². The highest BCUT2D eigenvalue weighted by Gasteiger charge is 2.64. The van der Waals surface area contributed by atoms with Crippen LogP contribution in [0.5, 0.6) is 17.2 Å². The molecule has 9 rings (SSSR count). The summed E-state index contributed by atoms with van der Waals surface area (Å²) in [6, 6.07) is 22.2. The Morgan fingerprint density at radius 3 is 2.36 bits per heavy atom. The van der Waals surface area contributed by atoms with Crippen molar-refractivity contribution in [3.63, 3.8) is 0 Å². The van der Waals surface area contributed by atoms with Crippen LogP contribution in [-0.4, -0.2) is 102 Å². The van der Waals surface area contributed by atoms with Crippen LogP contribution >= 0.6 is 11.6 Å². The van der Waals surface area contributed by atoms with Gasteiger partial charge in [-0.2, -0.15) is 5.26 Å². The van der Waals surface area contributed by atoms with Crippen molar-refractivity contribution in [2.75, 3.05) is 59.5 Å². The normalized spacial score (nSPS) is 19.3. The third-order valence-electron chi connectivity index (χ3n) is 13.5. The van der Waals surface area contributed by atoms with E-state index in [0.29, 0.717) is 73.1 Å². The van der Waals surface area contributed by atoms with Gasteiger partial charge in [-0.25, -0.2) is 18.4 Å². The number of aryl methyl sites for hydroxylation is 1. The van der Waals surface area contributed by atoms with Crippen LogP contribution in [0.15, 0.2) is 96.3 Å². The fourth-order valence-electron chi connectivity index (χ4n) is 10.1. The first-order chi connectivity index (χ1) is 31.9. The fourth-order valence-corrected chi connectivity index (χ4v) is 10.9. The van der Waals surface area contributed by atoms with Gasteiger partial charge in [-0.1, -0.05) is 45.4 Å². The zero-order valence-corrected chi connectivity index (χ0v) is 39.8. The van der Waals surface area contributed by atoms with E-state index in [2.05, 4.69) is 79.5 Å². The average Bonchev–Trinajstić information content (AvgIpc) is 3.80. The molecule has 0 atom stereocenters. The van der Waals surface area contributed by atoms with Gasteiger partial charge in [0.1, 0.15) is 34.9 Å². The number of carbonyl (C=O) groups is 1. The molecule has 3 N–H and O–H groups in total. The van der Waals surface area contributed by atoms with Gasteiger partial charge < -0.3 is 34.1 Å². The second-order valence-corrected chi connectivity index (χ2v) is 21.1. The first kappa shape index (κ1) is 45.5. The van der Waals surface area contributed by atoms with Crippen LogP contribution in [0, 0.1) is 22.2 Å². The van der Waals surface area contributed by atoms with Crippen LogP contribution in [0.1, 0.15) is 50.5 Å². The smallest absolute Gasteiger partial charge is 0.274 e. The number of halogens is 1. The van der Waals surface area contributed by atoms with Crippen LogP contribution in [0.4, 0.5) is 17.3 Å². The molecule has 3 aromatic heterocycles. The molecular weight excluding hydrogens is 892 g/mol. The van der Waals surface area contributed by atoms with Crippen molar-refractivity contribution in [3.8, 4) is 34.4 Å². The third kappa shape index (κ3) is 8.76. The molecule has 1 aliphatic carbocycles. The van der Waals surface area contributed by atoms with Crippen molar-refractivity contribution in [1.82, 2.24) is 29.7 Å². The number of nitriles is 1. The van der Waals surface area contributed by atoms with E-state index < -0.39 is 20.9 Å². The largest absolute Gasteiger partial charge is 0.489 e. The summed E-state index contributed by atoms with van der Waals surface area (Å²) in [5.74, 6) is 1.98. The zero-order chi connectivity index (χ0) is 47.4. The monoisotopic (exact) mass is 944 g/mol. The number of pyridine rings is 1. The van der Waals surface area contributed by atoms with E-state index in [-0.39, 0.29) is 29.4 Å². The lowest BCUT2D eigenvalue weighted by Gasteiger charge is -2.63. The molecule has 3 aromatic carbocycles. The molecule has 1 amide bonds. The molecule has 16 nitrogen and oxygen atoms in total. The molecule has 3 fully saturated rings. The molecule has 5 heterocycles. The van der Waals surface area contributed by atoms with Crippen LogP contribution in [0.25, 0.3) is 22.0 Å². The second kappa shape index (κ2) is 17.6. The van der Waals surface area contributed by atoms with Crippen LogP contribution in [0.2, 0.25) is 5.02 Å². The highest BCUT2D eigenvalue weighted by Crippen LogP contribution is 2.55. The lowest BCUT2D eigenvalue weighted by Crippen LogP contribution is -2.74. The number of sulfonamides is 1. The van der Waals surface area contributed by atoms with Crippen molar-refractivity contribution in [3.05, 3.63) is 118 Å². The number of nitrogens with one attached hydrogen (secondary N) is 3. The maximum absolute atomic E-state index is 13.5. The number of hydrogen-bond acceptors (Lipinski definition) is 12. The third-order valence-corrected chi connectivity index (χ3v) is 15.2. The Bertz CT molecular complexity index is 3060. The van der Waals surface area contributed by atoms with E-state index in [1.165, 1.54) is 4.57 Å². The molecule has 0 radical (unpaired) electrons. The summed E-state index contributed by atoms with van der Waals surface area (Å²) in [6.07, 6.45) is 6.42. The summed E-state index contributed by atoms with van der Waals surface area (Å²) in [4.78, 5) is 45.6. The van der Waals surface area contributed by atoms with Gasteiger partial charge >= 0.3 is 0 Å². The Hall–Kier alpha value is -6.61. The Morgan fingerprint density at radius 2 is 1.67 bits per heavy atom. The van der Waals surface area contributed by atoms with E-state index in [9.17, 15) is 23.3 Å². The van der Waals surface area contributed by atoms with Crippen molar-refractivity contribution in [2.45, 2.75) is 52.8 Å². The van der Waals surface area contributed by atoms with Crippen LogP contribution in [0.3, 0.4) is 0 Å². The molecule has 0 bridgehead atoms. The predicted molar refractivity (Wildman–Crippen MR) is 260 cm³/mol.